The molecule has 0 aromatic heterocycles. The van der Waals surface area contributed by atoms with E-state index in [-0.39, 0.29) is 12.4 Å². The second-order valence-corrected chi connectivity index (χ2v) is 7.11. The summed E-state index contributed by atoms with van der Waals surface area (Å²) >= 11 is 0. The maximum Gasteiger partial charge on any atom is 0.343 e. The molecule has 3 aromatic rings. The minimum Gasteiger partial charge on any atom is -0.486 e. The summed E-state index contributed by atoms with van der Waals surface area (Å²) in [5, 5.41) is 0. The van der Waals surface area contributed by atoms with Gasteiger partial charge in [-0.15, -0.1) is 0 Å². The fraction of sp³-hybridized carbons (Fsp3) is 0.115. The Morgan fingerprint density at radius 3 is 1.70 bits per heavy atom. The van der Waals surface area contributed by atoms with Gasteiger partial charge >= 0.3 is 17.9 Å². The van der Waals surface area contributed by atoms with Gasteiger partial charge < -0.3 is 18.9 Å². The summed E-state index contributed by atoms with van der Waals surface area (Å²) in [6.45, 7) is -0.219. The van der Waals surface area contributed by atoms with Crippen LogP contribution in [0.1, 0.15) is 31.1 Å². The van der Waals surface area contributed by atoms with Crippen LogP contribution in [-0.4, -0.2) is 36.7 Å². The van der Waals surface area contributed by atoms with Crippen LogP contribution >= 0.6 is 0 Å². The lowest BCUT2D eigenvalue weighted by Crippen LogP contribution is -2.35. The maximum atomic E-state index is 12.7. The average Bonchev–Trinajstić information content (AvgIpc) is 3.24. The van der Waals surface area contributed by atoms with Gasteiger partial charge in [0, 0.05) is 0 Å². The van der Waals surface area contributed by atoms with E-state index >= 15 is 0 Å². The van der Waals surface area contributed by atoms with Crippen molar-refractivity contribution in [1.29, 1.82) is 0 Å². The SMILES string of the molecule is O=C(OC[C@H]1OC=C(OC(=O)c2ccccc2)[C@@H]1OC(=O)c1ccccc1)c1ccccc1. The number of hydrogen-bond acceptors (Lipinski definition) is 7. The van der Waals surface area contributed by atoms with E-state index in [0.717, 1.165) is 0 Å². The van der Waals surface area contributed by atoms with Crippen molar-refractivity contribution in [3.05, 3.63) is 120 Å². The van der Waals surface area contributed by atoms with Gasteiger partial charge in [0.15, 0.2) is 11.9 Å². The van der Waals surface area contributed by atoms with Gasteiger partial charge in [-0.25, -0.2) is 14.4 Å². The number of carbonyl (C=O) groups is 3. The van der Waals surface area contributed by atoms with E-state index in [1.807, 2.05) is 0 Å². The quantitative estimate of drug-likeness (QED) is 0.399. The summed E-state index contributed by atoms with van der Waals surface area (Å²) in [5.74, 6) is -1.81. The van der Waals surface area contributed by atoms with Gasteiger partial charge in [-0.05, 0) is 36.4 Å². The predicted molar refractivity (Wildman–Crippen MR) is 117 cm³/mol. The van der Waals surface area contributed by atoms with E-state index in [2.05, 4.69) is 0 Å². The number of carbonyl (C=O) groups excluding carboxylic acids is 3. The van der Waals surface area contributed by atoms with Crippen molar-refractivity contribution in [3.8, 4) is 0 Å². The number of hydrogen-bond donors (Lipinski definition) is 0. The first kappa shape index (κ1) is 21.8. The van der Waals surface area contributed by atoms with Crippen LogP contribution in [0, 0.1) is 0 Å². The summed E-state index contributed by atoms with van der Waals surface area (Å²) in [7, 11) is 0. The Bertz CT molecular complexity index is 1140. The van der Waals surface area contributed by atoms with Crippen molar-refractivity contribution in [2.24, 2.45) is 0 Å². The Morgan fingerprint density at radius 2 is 1.15 bits per heavy atom. The second kappa shape index (κ2) is 10.3. The van der Waals surface area contributed by atoms with Crippen LogP contribution in [0.4, 0.5) is 0 Å². The fourth-order valence-electron chi connectivity index (χ4n) is 3.13. The van der Waals surface area contributed by atoms with Crippen LogP contribution in [0.5, 0.6) is 0 Å². The summed E-state index contributed by atoms with van der Waals surface area (Å²) in [4.78, 5) is 37.5. The Kier molecular flexibility index (Phi) is 6.80. The lowest BCUT2D eigenvalue weighted by molar-refractivity contribution is -0.0286. The predicted octanol–water partition coefficient (Wildman–Crippen LogP) is 4.17. The molecule has 1 aliphatic heterocycles. The third-order valence-corrected chi connectivity index (χ3v) is 4.83. The van der Waals surface area contributed by atoms with Crippen LogP contribution in [-0.2, 0) is 18.9 Å². The first-order valence-corrected chi connectivity index (χ1v) is 10.2. The third kappa shape index (κ3) is 5.46. The average molecular weight is 444 g/mol. The van der Waals surface area contributed by atoms with E-state index in [1.54, 1.807) is 91.0 Å². The van der Waals surface area contributed by atoms with E-state index < -0.39 is 30.1 Å². The molecule has 1 aliphatic rings. The highest BCUT2D eigenvalue weighted by atomic mass is 16.6. The van der Waals surface area contributed by atoms with Crippen LogP contribution in [0.15, 0.2) is 103 Å². The molecule has 33 heavy (non-hydrogen) atoms. The molecule has 0 saturated heterocycles. The molecule has 0 aliphatic carbocycles. The molecule has 0 N–H and O–H groups in total. The van der Waals surface area contributed by atoms with Crippen LogP contribution < -0.4 is 0 Å². The number of benzene rings is 3. The van der Waals surface area contributed by atoms with Crippen molar-refractivity contribution in [2.45, 2.75) is 12.2 Å². The monoisotopic (exact) mass is 444 g/mol. The van der Waals surface area contributed by atoms with Crippen LogP contribution in [0.2, 0.25) is 0 Å². The molecule has 7 heteroatoms. The Hall–Kier alpha value is -4.39. The molecule has 0 fully saturated rings. The highest BCUT2D eigenvalue weighted by molar-refractivity contribution is 5.91. The fourth-order valence-corrected chi connectivity index (χ4v) is 3.13. The zero-order valence-electron chi connectivity index (χ0n) is 17.5. The Labute approximate surface area is 190 Å². The zero-order valence-corrected chi connectivity index (χ0v) is 17.5. The van der Waals surface area contributed by atoms with E-state index in [1.165, 1.54) is 6.26 Å². The Balaban J connectivity index is 1.47. The van der Waals surface area contributed by atoms with Gasteiger partial charge in [0.1, 0.15) is 12.9 Å². The van der Waals surface area contributed by atoms with Crippen molar-refractivity contribution in [2.75, 3.05) is 6.61 Å². The standard InChI is InChI=1S/C26H20O7/c27-24(18-10-4-1-5-11-18)31-16-21-23(33-26(29)20-14-8-3-9-15-20)22(17-30-21)32-25(28)19-12-6-2-7-13-19/h1-15,17,21,23H,16H2/t21-,23-/m1/s1. The minimum atomic E-state index is -1.09. The normalized spacial score (nSPS) is 16.8. The maximum absolute atomic E-state index is 12.7. The molecule has 7 nitrogen and oxygen atoms in total. The molecule has 2 atom stereocenters. The highest BCUT2D eigenvalue weighted by Crippen LogP contribution is 2.26. The summed E-state index contributed by atoms with van der Waals surface area (Å²) in [6, 6.07) is 25.2. The molecule has 0 saturated carbocycles. The molecule has 4 rings (SSSR count). The first-order chi connectivity index (χ1) is 16.1. The van der Waals surface area contributed by atoms with E-state index in [0.29, 0.717) is 16.7 Å². The molecule has 0 amide bonds. The van der Waals surface area contributed by atoms with Crippen LogP contribution in [0.25, 0.3) is 0 Å². The van der Waals surface area contributed by atoms with Crippen molar-refractivity contribution in [3.63, 3.8) is 0 Å². The van der Waals surface area contributed by atoms with Gasteiger partial charge in [-0.2, -0.15) is 0 Å². The second-order valence-electron chi connectivity index (χ2n) is 7.11. The summed E-state index contributed by atoms with van der Waals surface area (Å²) in [6.07, 6.45) is -0.775. The summed E-state index contributed by atoms with van der Waals surface area (Å²) in [5.41, 5.74) is 1.01. The van der Waals surface area contributed by atoms with Gasteiger partial charge in [0.05, 0.1) is 16.7 Å². The largest absolute Gasteiger partial charge is 0.486 e. The molecule has 3 aromatic carbocycles. The molecule has 0 unspecified atom stereocenters. The van der Waals surface area contributed by atoms with E-state index in [4.69, 9.17) is 18.9 Å². The molecular weight excluding hydrogens is 424 g/mol. The summed E-state index contributed by atoms with van der Waals surface area (Å²) < 4.78 is 21.9. The molecule has 1 heterocycles. The third-order valence-electron chi connectivity index (χ3n) is 4.83. The van der Waals surface area contributed by atoms with Gasteiger partial charge in [-0.3, -0.25) is 0 Å². The smallest absolute Gasteiger partial charge is 0.343 e. The van der Waals surface area contributed by atoms with Crippen LogP contribution in [0.3, 0.4) is 0 Å². The lowest BCUT2D eigenvalue weighted by Gasteiger charge is -2.21. The minimum absolute atomic E-state index is 0.00824. The van der Waals surface area contributed by atoms with Gasteiger partial charge in [0.2, 0.25) is 6.10 Å². The first-order valence-electron chi connectivity index (χ1n) is 10.2. The number of ether oxygens (including phenoxy) is 4. The highest BCUT2D eigenvalue weighted by Gasteiger charge is 2.39. The number of rotatable bonds is 7. The van der Waals surface area contributed by atoms with Crippen molar-refractivity contribution < 1.29 is 33.3 Å². The topological polar surface area (TPSA) is 88.1 Å². The molecule has 166 valence electrons. The lowest BCUT2D eigenvalue weighted by atomic mass is 10.2. The number of esters is 3. The van der Waals surface area contributed by atoms with Crippen molar-refractivity contribution >= 4 is 17.9 Å². The molecule has 0 bridgehead atoms. The molecule has 0 spiro atoms. The molecule has 0 radical (unpaired) electrons. The van der Waals surface area contributed by atoms with E-state index in [9.17, 15) is 14.4 Å². The van der Waals surface area contributed by atoms with Gasteiger partial charge in [-0.1, -0.05) is 54.6 Å². The zero-order chi connectivity index (χ0) is 23.0. The van der Waals surface area contributed by atoms with Crippen molar-refractivity contribution in [1.82, 2.24) is 0 Å². The Morgan fingerprint density at radius 1 is 0.667 bits per heavy atom. The molecular formula is C26H20O7. The van der Waals surface area contributed by atoms with Gasteiger partial charge in [0.25, 0.3) is 0 Å².